The topological polar surface area (TPSA) is 34.1 Å². The maximum atomic E-state index is 5.80. The van der Waals surface area contributed by atoms with Crippen molar-refractivity contribution in [2.45, 2.75) is 33.1 Å². The minimum absolute atomic E-state index is 0.476. The summed E-state index contributed by atoms with van der Waals surface area (Å²) in [5.41, 5.74) is 3.24. The van der Waals surface area contributed by atoms with Crippen LogP contribution in [0.3, 0.4) is 0 Å². The van der Waals surface area contributed by atoms with Gasteiger partial charge in [-0.1, -0.05) is 13.8 Å². The van der Waals surface area contributed by atoms with Crippen molar-refractivity contribution in [2.24, 2.45) is 10.9 Å². The number of methoxy groups -OCH3 is 1. The zero-order valence-corrected chi connectivity index (χ0v) is 16.6. The molecule has 4 heteroatoms. The molecule has 0 bridgehead atoms. The lowest BCUT2D eigenvalue weighted by Gasteiger charge is -2.28. The van der Waals surface area contributed by atoms with Gasteiger partial charge >= 0.3 is 0 Å². The molecule has 0 atom stereocenters. The Bertz CT molecular complexity index is 747. The molecule has 1 heterocycles. The number of hydrogen-bond acceptors (Lipinski definition) is 4. The van der Waals surface area contributed by atoms with E-state index >= 15 is 0 Å². The molecule has 1 saturated heterocycles. The Labute approximate surface area is 162 Å². The van der Waals surface area contributed by atoms with Crippen LogP contribution in [0.1, 0.15) is 38.7 Å². The van der Waals surface area contributed by atoms with Crippen molar-refractivity contribution in [2.75, 3.05) is 31.7 Å². The molecule has 1 aliphatic rings. The normalized spacial score (nSPS) is 14.7. The van der Waals surface area contributed by atoms with Gasteiger partial charge in [0.2, 0.25) is 0 Å². The molecule has 27 heavy (non-hydrogen) atoms. The van der Waals surface area contributed by atoms with E-state index in [1.807, 2.05) is 24.4 Å². The molecule has 0 N–H and O–H groups in total. The van der Waals surface area contributed by atoms with E-state index in [9.17, 15) is 0 Å². The van der Waals surface area contributed by atoms with Crippen molar-refractivity contribution >= 4 is 17.6 Å². The second-order valence-electron chi connectivity index (χ2n) is 7.44. The van der Waals surface area contributed by atoms with Gasteiger partial charge in [-0.3, -0.25) is 4.99 Å². The lowest BCUT2D eigenvalue weighted by molar-refractivity contribution is 0.257. The monoisotopic (exact) mass is 366 g/mol. The molecule has 0 aliphatic carbocycles. The first-order valence-electron chi connectivity index (χ1n) is 9.85. The van der Waals surface area contributed by atoms with Crippen molar-refractivity contribution in [3.8, 4) is 11.5 Å². The van der Waals surface area contributed by atoms with Gasteiger partial charge in [-0.15, -0.1) is 0 Å². The predicted molar refractivity (Wildman–Crippen MR) is 113 cm³/mol. The van der Waals surface area contributed by atoms with Crippen molar-refractivity contribution < 1.29 is 9.47 Å². The zero-order valence-electron chi connectivity index (χ0n) is 16.6. The predicted octanol–water partition coefficient (Wildman–Crippen LogP) is 5.47. The third-order valence-electron chi connectivity index (χ3n) is 4.69. The van der Waals surface area contributed by atoms with Crippen LogP contribution >= 0.6 is 0 Å². The second kappa shape index (κ2) is 9.45. The average Bonchev–Trinajstić information content (AvgIpc) is 2.72. The summed E-state index contributed by atoms with van der Waals surface area (Å²) in [5.74, 6) is 1.98. The largest absolute Gasteiger partial charge is 0.493 e. The molecule has 144 valence electrons. The van der Waals surface area contributed by atoms with Crippen LogP contribution in [0.25, 0.3) is 0 Å². The molecule has 0 saturated carbocycles. The van der Waals surface area contributed by atoms with E-state index in [-0.39, 0.29) is 0 Å². The Kier molecular flexibility index (Phi) is 6.74. The van der Waals surface area contributed by atoms with Crippen molar-refractivity contribution in [1.29, 1.82) is 0 Å². The van der Waals surface area contributed by atoms with E-state index < -0.39 is 0 Å². The summed E-state index contributed by atoms with van der Waals surface area (Å²) in [5, 5.41) is 0. The molecule has 2 aromatic carbocycles. The van der Waals surface area contributed by atoms with Crippen molar-refractivity contribution in [3.63, 3.8) is 0 Å². The van der Waals surface area contributed by atoms with Crippen molar-refractivity contribution in [3.05, 3.63) is 48.0 Å². The minimum Gasteiger partial charge on any atom is -0.493 e. The SMILES string of the molecule is COc1cc(C=Nc2ccc(N3CCCCC3)cc2)ccc1OCC(C)C. The fraction of sp³-hybridized carbons (Fsp3) is 0.435. The molecule has 0 unspecified atom stereocenters. The van der Waals surface area contributed by atoms with Crippen LogP contribution < -0.4 is 14.4 Å². The van der Waals surface area contributed by atoms with E-state index in [1.54, 1.807) is 7.11 Å². The quantitative estimate of drug-likeness (QED) is 0.609. The number of benzene rings is 2. The zero-order chi connectivity index (χ0) is 19.1. The molecule has 0 spiro atoms. The Morgan fingerprint density at radius 3 is 2.41 bits per heavy atom. The average molecular weight is 367 g/mol. The molecule has 1 aliphatic heterocycles. The third-order valence-corrected chi connectivity index (χ3v) is 4.69. The Balaban J connectivity index is 1.66. The number of nitrogens with zero attached hydrogens (tertiary/aromatic N) is 2. The number of aliphatic imine (C=N–C) groups is 1. The molecule has 1 fully saturated rings. The Morgan fingerprint density at radius 2 is 1.74 bits per heavy atom. The minimum atomic E-state index is 0.476. The fourth-order valence-corrected chi connectivity index (χ4v) is 3.19. The summed E-state index contributed by atoms with van der Waals surface area (Å²) in [7, 11) is 1.66. The van der Waals surface area contributed by atoms with Crippen molar-refractivity contribution in [1.82, 2.24) is 0 Å². The van der Waals surface area contributed by atoms with Crippen LogP contribution in [0.5, 0.6) is 11.5 Å². The first kappa shape index (κ1) is 19.3. The van der Waals surface area contributed by atoms with Gasteiger partial charge in [0, 0.05) is 25.0 Å². The van der Waals surface area contributed by atoms with Gasteiger partial charge < -0.3 is 14.4 Å². The number of hydrogen-bond donors (Lipinski definition) is 0. The summed E-state index contributed by atoms with van der Waals surface area (Å²) in [6.45, 7) is 7.25. The van der Waals surface area contributed by atoms with Gasteiger partial charge in [-0.25, -0.2) is 0 Å². The molecular weight excluding hydrogens is 336 g/mol. The van der Waals surface area contributed by atoms with Crippen LogP contribution in [-0.4, -0.2) is 33.0 Å². The number of anilines is 1. The van der Waals surface area contributed by atoms with Gasteiger partial charge in [0.1, 0.15) is 0 Å². The van der Waals surface area contributed by atoms with Crippen LogP contribution in [-0.2, 0) is 0 Å². The van der Waals surface area contributed by atoms with Crippen LogP contribution in [0.15, 0.2) is 47.5 Å². The molecule has 0 aromatic heterocycles. The van der Waals surface area contributed by atoms with Gasteiger partial charge in [-0.05, 0) is 73.2 Å². The van der Waals surface area contributed by atoms with E-state index in [4.69, 9.17) is 9.47 Å². The highest BCUT2D eigenvalue weighted by Crippen LogP contribution is 2.28. The summed E-state index contributed by atoms with van der Waals surface area (Å²) in [6.07, 6.45) is 5.80. The van der Waals surface area contributed by atoms with E-state index in [1.165, 1.54) is 24.9 Å². The lowest BCUT2D eigenvalue weighted by Crippen LogP contribution is -2.29. The fourth-order valence-electron chi connectivity index (χ4n) is 3.19. The highest BCUT2D eigenvalue weighted by atomic mass is 16.5. The van der Waals surface area contributed by atoms with Gasteiger partial charge in [0.25, 0.3) is 0 Å². The summed E-state index contributed by atoms with van der Waals surface area (Å²) < 4.78 is 11.3. The first-order chi connectivity index (χ1) is 13.2. The van der Waals surface area contributed by atoms with E-state index in [0.29, 0.717) is 12.5 Å². The van der Waals surface area contributed by atoms with Crippen LogP contribution in [0, 0.1) is 5.92 Å². The number of piperidine rings is 1. The molecular formula is C23H30N2O2. The highest BCUT2D eigenvalue weighted by molar-refractivity contribution is 5.83. The first-order valence-corrected chi connectivity index (χ1v) is 9.85. The van der Waals surface area contributed by atoms with Crippen LogP contribution in [0.2, 0.25) is 0 Å². The molecule has 0 amide bonds. The summed E-state index contributed by atoms with van der Waals surface area (Å²) in [4.78, 5) is 7.06. The van der Waals surface area contributed by atoms with Gasteiger partial charge in [0.15, 0.2) is 11.5 Å². The second-order valence-corrected chi connectivity index (χ2v) is 7.44. The standard InChI is InChI=1S/C23H30N2O2/c1-18(2)17-27-22-12-7-19(15-23(22)26-3)16-24-20-8-10-21(11-9-20)25-13-5-4-6-14-25/h7-12,15-16,18H,4-6,13-14,17H2,1-3H3. The molecule has 0 radical (unpaired) electrons. The molecule has 4 nitrogen and oxygen atoms in total. The number of rotatable bonds is 7. The van der Waals surface area contributed by atoms with Gasteiger partial charge in [-0.2, -0.15) is 0 Å². The van der Waals surface area contributed by atoms with Crippen LogP contribution in [0.4, 0.5) is 11.4 Å². The summed E-state index contributed by atoms with van der Waals surface area (Å²) >= 11 is 0. The third kappa shape index (κ3) is 5.49. The van der Waals surface area contributed by atoms with E-state index in [2.05, 4.69) is 48.0 Å². The smallest absolute Gasteiger partial charge is 0.161 e. The lowest BCUT2D eigenvalue weighted by atomic mass is 10.1. The summed E-state index contributed by atoms with van der Waals surface area (Å²) in [6, 6.07) is 14.4. The number of ether oxygens (including phenoxy) is 2. The molecule has 2 aromatic rings. The molecule has 3 rings (SSSR count). The highest BCUT2D eigenvalue weighted by Gasteiger charge is 2.10. The Morgan fingerprint density at radius 1 is 1.00 bits per heavy atom. The Hall–Kier alpha value is -2.49. The van der Waals surface area contributed by atoms with E-state index in [0.717, 1.165) is 35.8 Å². The maximum absolute atomic E-state index is 5.80. The maximum Gasteiger partial charge on any atom is 0.161 e. The van der Waals surface area contributed by atoms with Gasteiger partial charge in [0.05, 0.1) is 19.4 Å².